The Kier molecular flexibility index (Phi) is 5.29. The molecule has 0 aromatic heterocycles. The summed E-state index contributed by atoms with van der Waals surface area (Å²) >= 11 is 0. The molecule has 0 fully saturated rings. The first-order chi connectivity index (χ1) is 13.0. The molecule has 3 aromatic carbocycles. The summed E-state index contributed by atoms with van der Waals surface area (Å²) in [5, 5.41) is 12.0. The van der Waals surface area contributed by atoms with Crippen molar-refractivity contribution in [2.45, 2.75) is 4.90 Å². The summed E-state index contributed by atoms with van der Waals surface area (Å²) in [7, 11) is -2.15. The number of ether oxygens (including phenoxy) is 1. The molecule has 0 spiro atoms. The fourth-order valence-electron chi connectivity index (χ4n) is 2.39. The van der Waals surface area contributed by atoms with Gasteiger partial charge in [-0.2, -0.15) is 5.26 Å². The molecule has 6 nitrogen and oxygen atoms in total. The lowest BCUT2D eigenvalue weighted by Crippen LogP contribution is -2.12. The average molecular weight is 379 g/mol. The van der Waals surface area contributed by atoms with E-state index in [1.807, 2.05) is 0 Å². The molecule has 0 amide bonds. The Morgan fingerprint density at radius 3 is 1.85 bits per heavy atom. The van der Waals surface area contributed by atoms with Crippen LogP contribution in [0.2, 0.25) is 0 Å². The Hall–Kier alpha value is -3.50. The number of nitrogens with zero attached hydrogens (tertiary/aromatic N) is 1. The average Bonchev–Trinajstić information content (AvgIpc) is 2.70. The quantitative estimate of drug-likeness (QED) is 0.672. The number of hydrogen-bond donors (Lipinski definition) is 2. The highest BCUT2D eigenvalue weighted by molar-refractivity contribution is 7.92. The number of nitriles is 1. The van der Waals surface area contributed by atoms with Gasteiger partial charge in [-0.3, -0.25) is 4.72 Å². The Morgan fingerprint density at radius 1 is 0.815 bits per heavy atom. The summed E-state index contributed by atoms with van der Waals surface area (Å²) in [5.41, 5.74) is 2.67. The maximum atomic E-state index is 12.4. The van der Waals surface area contributed by atoms with Gasteiger partial charge in [-0.1, -0.05) is 0 Å². The normalized spacial score (nSPS) is 10.7. The molecule has 0 radical (unpaired) electrons. The predicted octanol–water partition coefficient (Wildman–Crippen LogP) is 4.11. The highest BCUT2D eigenvalue weighted by atomic mass is 32.2. The lowest BCUT2D eigenvalue weighted by atomic mass is 10.2. The van der Waals surface area contributed by atoms with Crippen molar-refractivity contribution in [2.75, 3.05) is 17.1 Å². The molecular weight excluding hydrogens is 362 g/mol. The van der Waals surface area contributed by atoms with E-state index in [9.17, 15) is 8.42 Å². The summed E-state index contributed by atoms with van der Waals surface area (Å²) in [6.45, 7) is 0. The van der Waals surface area contributed by atoms with Gasteiger partial charge in [0.1, 0.15) is 5.75 Å². The maximum absolute atomic E-state index is 12.4. The zero-order valence-electron chi connectivity index (χ0n) is 14.5. The number of nitrogens with one attached hydrogen (secondary N) is 2. The summed E-state index contributed by atoms with van der Waals surface area (Å²) in [4.78, 5) is 0.156. The molecule has 0 aliphatic heterocycles. The summed E-state index contributed by atoms with van der Waals surface area (Å²) < 4.78 is 32.5. The van der Waals surface area contributed by atoms with Crippen LogP contribution in [0.3, 0.4) is 0 Å². The van der Waals surface area contributed by atoms with Gasteiger partial charge in [-0.05, 0) is 72.8 Å². The van der Waals surface area contributed by atoms with E-state index in [-0.39, 0.29) is 4.90 Å². The van der Waals surface area contributed by atoms with E-state index in [1.165, 1.54) is 19.2 Å². The lowest BCUT2D eigenvalue weighted by Gasteiger charge is -2.10. The molecule has 0 aliphatic carbocycles. The highest BCUT2D eigenvalue weighted by Gasteiger charge is 2.14. The van der Waals surface area contributed by atoms with E-state index in [2.05, 4.69) is 16.1 Å². The van der Waals surface area contributed by atoms with Crippen LogP contribution in [0, 0.1) is 11.3 Å². The largest absolute Gasteiger partial charge is 0.497 e. The molecule has 0 bridgehead atoms. The van der Waals surface area contributed by atoms with Crippen molar-refractivity contribution in [1.82, 2.24) is 0 Å². The molecule has 0 aliphatic rings. The second-order valence-corrected chi connectivity index (χ2v) is 7.35. The van der Waals surface area contributed by atoms with Crippen LogP contribution in [-0.2, 0) is 10.0 Å². The van der Waals surface area contributed by atoms with Crippen LogP contribution in [0.5, 0.6) is 5.75 Å². The van der Waals surface area contributed by atoms with Gasteiger partial charge in [0, 0.05) is 17.1 Å². The fourth-order valence-corrected chi connectivity index (χ4v) is 3.44. The van der Waals surface area contributed by atoms with Crippen molar-refractivity contribution < 1.29 is 13.2 Å². The number of sulfonamides is 1. The first-order valence-electron chi connectivity index (χ1n) is 8.04. The van der Waals surface area contributed by atoms with Crippen molar-refractivity contribution in [3.63, 3.8) is 0 Å². The van der Waals surface area contributed by atoms with Crippen molar-refractivity contribution in [3.05, 3.63) is 78.4 Å². The number of benzene rings is 3. The highest BCUT2D eigenvalue weighted by Crippen LogP contribution is 2.22. The monoisotopic (exact) mass is 379 g/mol. The standard InChI is InChI=1S/C20H17N3O3S/c1-26-19-10-12-20(13-11-19)27(24,25)23-18-8-6-17(7-9-18)22-16-4-2-15(14-21)3-5-16/h2-13,22-23H,1H3. The van der Waals surface area contributed by atoms with Crippen LogP contribution in [0.15, 0.2) is 77.7 Å². The molecule has 2 N–H and O–H groups in total. The summed E-state index contributed by atoms with van der Waals surface area (Å²) in [5.74, 6) is 0.590. The van der Waals surface area contributed by atoms with Crippen molar-refractivity contribution in [3.8, 4) is 11.8 Å². The third kappa shape index (κ3) is 4.57. The molecule has 3 rings (SSSR count). The minimum absolute atomic E-state index is 0.156. The van der Waals surface area contributed by atoms with Crippen LogP contribution in [0.1, 0.15) is 5.56 Å². The zero-order chi connectivity index (χ0) is 19.3. The van der Waals surface area contributed by atoms with Crippen LogP contribution in [0.25, 0.3) is 0 Å². The number of anilines is 3. The van der Waals surface area contributed by atoms with Crippen LogP contribution < -0.4 is 14.8 Å². The first-order valence-corrected chi connectivity index (χ1v) is 9.52. The molecule has 3 aromatic rings. The van der Waals surface area contributed by atoms with Gasteiger partial charge in [0.05, 0.1) is 23.6 Å². The third-order valence-electron chi connectivity index (χ3n) is 3.81. The second-order valence-electron chi connectivity index (χ2n) is 5.67. The Morgan fingerprint density at radius 2 is 1.33 bits per heavy atom. The van der Waals surface area contributed by atoms with E-state index >= 15 is 0 Å². The predicted molar refractivity (Wildman–Crippen MR) is 105 cm³/mol. The van der Waals surface area contributed by atoms with E-state index in [4.69, 9.17) is 10.00 Å². The van der Waals surface area contributed by atoms with Gasteiger partial charge in [-0.25, -0.2) is 8.42 Å². The van der Waals surface area contributed by atoms with E-state index in [0.29, 0.717) is 17.0 Å². The Bertz CT molecular complexity index is 1050. The fraction of sp³-hybridized carbons (Fsp3) is 0.0500. The Labute approximate surface area is 158 Å². The van der Waals surface area contributed by atoms with Gasteiger partial charge in [0.25, 0.3) is 10.0 Å². The third-order valence-corrected chi connectivity index (χ3v) is 5.21. The topological polar surface area (TPSA) is 91.2 Å². The SMILES string of the molecule is COc1ccc(S(=O)(=O)Nc2ccc(Nc3ccc(C#N)cc3)cc2)cc1. The van der Waals surface area contributed by atoms with E-state index < -0.39 is 10.0 Å². The maximum Gasteiger partial charge on any atom is 0.261 e. The molecule has 136 valence electrons. The van der Waals surface area contributed by atoms with E-state index in [1.54, 1.807) is 60.7 Å². The first kappa shape index (κ1) is 18.3. The lowest BCUT2D eigenvalue weighted by molar-refractivity contribution is 0.414. The summed E-state index contributed by atoms with van der Waals surface area (Å²) in [6.07, 6.45) is 0. The van der Waals surface area contributed by atoms with Gasteiger partial charge in [0.15, 0.2) is 0 Å². The van der Waals surface area contributed by atoms with Crippen molar-refractivity contribution in [2.24, 2.45) is 0 Å². The molecule has 0 saturated heterocycles. The second kappa shape index (κ2) is 7.81. The smallest absolute Gasteiger partial charge is 0.261 e. The number of methoxy groups -OCH3 is 1. The molecule has 0 unspecified atom stereocenters. The molecule has 0 heterocycles. The number of rotatable bonds is 6. The molecular formula is C20H17N3O3S. The molecule has 7 heteroatoms. The van der Waals surface area contributed by atoms with Crippen molar-refractivity contribution in [1.29, 1.82) is 5.26 Å². The molecule has 0 saturated carbocycles. The van der Waals surface area contributed by atoms with Crippen molar-refractivity contribution >= 4 is 27.1 Å². The van der Waals surface area contributed by atoms with Gasteiger partial charge < -0.3 is 10.1 Å². The molecule has 0 atom stereocenters. The van der Waals surface area contributed by atoms with Gasteiger partial charge in [-0.15, -0.1) is 0 Å². The molecule has 27 heavy (non-hydrogen) atoms. The van der Waals surface area contributed by atoms with E-state index in [0.717, 1.165) is 11.4 Å². The van der Waals surface area contributed by atoms with Gasteiger partial charge >= 0.3 is 0 Å². The van der Waals surface area contributed by atoms with Crippen LogP contribution >= 0.6 is 0 Å². The number of hydrogen-bond acceptors (Lipinski definition) is 5. The summed E-state index contributed by atoms with van der Waals surface area (Å²) in [6, 6.07) is 22.2. The Balaban J connectivity index is 1.69. The van der Waals surface area contributed by atoms with Gasteiger partial charge in [0.2, 0.25) is 0 Å². The minimum Gasteiger partial charge on any atom is -0.497 e. The minimum atomic E-state index is -3.67. The zero-order valence-corrected chi connectivity index (χ0v) is 15.3. The van der Waals surface area contributed by atoms with Crippen LogP contribution in [0.4, 0.5) is 17.1 Å². The van der Waals surface area contributed by atoms with Crippen LogP contribution in [-0.4, -0.2) is 15.5 Å².